The first-order chi connectivity index (χ1) is 12.2. The Hall–Kier alpha value is -2.45. The van der Waals surface area contributed by atoms with E-state index in [9.17, 15) is 4.79 Å². The molecular formula is C17H12BrN3O3S. The van der Waals surface area contributed by atoms with Crippen molar-refractivity contribution in [2.45, 2.75) is 6.54 Å². The molecule has 0 atom stereocenters. The van der Waals surface area contributed by atoms with Gasteiger partial charge >= 0.3 is 0 Å². The van der Waals surface area contributed by atoms with Gasteiger partial charge in [0.15, 0.2) is 11.5 Å². The van der Waals surface area contributed by atoms with E-state index in [0.717, 1.165) is 32.9 Å². The fourth-order valence-electron chi connectivity index (χ4n) is 2.45. The Morgan fingerprint density at radius 2 is 1.96 bits per heavy atom. The summed E-state index contributed by atoms with van der Waals surface area (Å²) in [6.45, 7) is 0.612. The molecule has 1 aromatic heterocycles. The predicted octanol–water partition coefficient (Wildman–Crippen LogP) is 3.63. The number of aromatic nitrogens is 2. The second kappa shape index (κ2) is 6.81. The van der Waals surface area contributed by atoms with Crippen molar-refractivity contribution in [2.24, 2.45) is 0 Å². The standard InChI is InChI=1S/C17H12BrN3O3S/c18-12-4-2-11(3-5-12)15-16(25-21-20-15)17(22)19-8-10-1-6-13-14(7-10)24-9-23-13/h1-7H,8-9H2,(H,19,22). The molecular weight excluding hydrogens is 406 g/mol. The van der Waals surface area contributed by atoms with E-state index < -0.39 is 0 Å². The van der Waals surface area contributed by atoms with Gasteiger partial charge in [0.25, 0.3) is 5.91 Å². The van der Waals surface area contributed by atoms with Crippen LogP contribution in [0.4, 0.5) is 0 Å². The van der Waals surface area contributed by atoms with Gasteiger partial charge in [-0.3, -0.25) is 4.79 Å². The van der Waals surface area contributed by atoms with Crippen LogP contribution < -0.4 is 14.8 Å². The minimum Gasteiger partial charge on any atom is -0.454 e. The van der Waals surface area contributed by atoms with E-state index in [2.05, 4.69) is 30.8 Å². The molecule has 0 saturated heterocycles. The lowest BCUT2D eigenvalue weighted by Gasteiger charge is -2.06. The van der Waals surface area contributed by atoms with Crippen LogP contribution in [0.25, 0.3) is 11.3 Å². The summed E-state index contributed by atoms with van der Waals surface area (Å²) in [5, 5.41) is 7.00. The Kier molecular flexibility index (Phi) is 4.37. The number of rotatable bonds is 4. The first kappa shape index (κ1) is 16.0. The smallest absolute Gasteiger partial charge is 0.265 e. The van der Waals surface area contributed by atoms with E-state index in [1.165, 1.54) is 0 Å². The highest BCUT2D eigenvalue weighted by molar-refractivity contribution is 9.10. The van der Waals surface area contributed by atoms with Crippen LogP contribution >= 0.6 is 27.5 Å². The van der Waals surface area contributed by atoms with Crippen LogP contribution in [0.1, 0.15) is 15.2 Å². The number of ether oxygens (including phenoxy) is 2. The van der Waals surface area contributed by atoms with Gasteiger partial charge in [0.1, 0.15) is 10.6 Å². The van der Waals surface area contributed by atoms with Crippen molar-refractivity contribution in [2.75, 3.05) is 6.79 Å². The number of amides is 1. The molecule has 4 rings (SSSR count). The summed E-state index contributed by atoms with van der Waals surface area (Å²) in [6, 6.07) is 13.2. The molecule has 0 bridgehead atoms. The summed E-state index contributed by atoms with van der Waals surface area (Å²) in [5.74, 6) is 1.21. The quantitative estimate of drug-likeness (QED) is 0.701. The van der Waals surface area contributed by atoms with Crippen LogP contribution in [-0.2, 0) is 6.54 Å². The molecule has 1 N–H and O–H groups in total. The maximum Gasteiger partial charge on any atom is 0.265 e. The van der Waals surface area contributed by atoms with Gasteiger partial charge in [-0.25, -0.2) is 0 Å². The topological polar surface area (TPSA) is 73.3 Å². The molecule has 3 aromatic rings. The molecule has 25 heavy (non-hydrogen) atoms. The van der Waals surface area contributed by atoms with E-state index in [1.54, 1.807) is 0 Å². The Morgan fingerprint density at radius 3 is 2.80 bits per heavy atom. The van der Waals surface area contributed by atoms with Crippen molar-refractivity contribution in [1.29, 1.82) is 0 Å². The second-order valence-electron chi connectivity index (χ2n) is 5.33. The average Bonchev–Trinajstić information content (AvgIpc) is 3.29. The summed E-state index contributed by atoms with van der Waals surface area (Å²) < 4.78 is 15.5. The number of halogens is 1. The summed E-state index contributed by atoms with van der Waals surface area (Å²) in [4.78, 5) is 13.0. The van der Waals surface area contributed by atoms with Crippen molar-refractivity contribution >= 4 is 33.4 Å². The highest BCUT2D eigenvalue weighted by atomic mass is 79.9. The van der Waals surface area contributed by atoms with Crippen LogP contribution in [-0.4, -0.2) is 22.3 Å². The fourth-order valence-corrected chi connectivity index (χ4v) is 3.32. The first-order valence-electron chi connectivity index (χ1n) is 7.46. The molecule has 6 nitrogen and oxygen atoms in total. The maximum atomic E-state index is 12.5. The van der Waals surface area contributed by atoms with Gasteiger partial charge in [0, 0.05) is 16.6 Å². The summed E-state index contributed by atoms with van der Waals surface area (Å²) >= 11 is 4.48. The van der Waals surface area contributed by atoms with E-state index >= 15 is 0 Å². The molecule has 0 saturated carbocycles. The zero-order chi connectivity index (χ0) is 17.2. The maximum absolute atomic E-state index is 12.5. The lowest BCUT2D eigenvalue weighted by atomic mass is 10.1. The van der Waals surface area contributed by atoms with Crippen LogP contribution in [0, 0.1) is 0 Å². The molecule has 0 unspecified atom stereocenters. The molecule has 0 radical (unpaired) electrons. The highest BCUT2D eigenvalue weighted by Gasteiger charge is 2.18. The molecule has 0 spiro atoms. The van der Waals surface area contributed by atoms with Crippen LogP contribution in [0.5, 0.6) is 11.5 Å². The minimum absolute atomic E-state index is 0.203. The lowest BCUT2D eigenvalue weighted by molar-refractivity contribution is 0.0955. The van der Waals surface area contributed by atoms with E-state index in [0.29, 0.717) is 22.9 Å². The molecule has 2 aromatic carbocycles. The summed E-state index contributed by atoms with van der Waals surface area (Å²) in [7, 11) is 0. The molecule has 0 aliphatic carbocycles. The van der Waals surface area contributed by atoms with Crippen LogP contribution in [0.15, 0.2) is 46.9 Å². The van der Waals surface area contributed by atoms with Crippen molar-refractivity contribution in [1.82, 2.24) is 14.9 Å². The number of nitrogens with one attached hydrogen (secondary N) is 1. The number of benzene rings is 2. The summed E-state index contributed by atoms with van der Waals surface area (Å²) in [5.41, 5.74) is 2.37. The second-order valence-corrected chi connectivity index (χ2v) is 7.00. The van der Waals surface area contributed by atoms with Gasteiger partial charge in [-0.2, -0.15) is 0 Å². The molecule has 1 amide bonds. The molecule has 2 heterocycles. The lowest BCUT2D eigenvalue weighted by Crippen LogP contribution is -2.22. The zero-order valence-corrected chi connectivity index (χ0v) is 15.3. The van der Waals surface area contributed by atoms with Gasteiger partial charge in [-0.05, 0) is 41.4 Å². The first-order valence-corrected chi connectivity index (χ1v) is 9.02. The SMILES string of the molecule is O=C(NCc1ccc2c(c1)OCO2)c1snnc1-c1ccc(Br)cc1. The summed E-state index contributed by atoms with van der Waals surface area (Å²) in [6.07, 6.45) is 0. The normalized spacial score (nSPS) is 12.2. The Bertz CT molecular complexity index is 927. The number of carbonyl (C=O) groups is 1. The highest BCUT2D eigenvalue weighted by Crippen LogP contribution is 2.32. The van der Waals surface area contributed by atoms with Gasteiger partial charge < -0.3 is 14.8 Å². The molecule has 1 aliphatic rings. The molecule has 126 valence electrons. The van der Waals surface area contributed by atoms with Crippen molar-refractivity contribution in [3.63, 3.8) is 0 Å². The van der Waals surface area contributed by atoms with E-state index in [-0.39, 0.29) is 12.7 Å². The minimum atomic E-state index is -0.203. The number of nitrogens with zero attached hydrogens (tertiary/aromatic N) is 2. The van der Waals surface area contributed by atoms with E-state index in [4.69, 9.17) is 9.47 Å². The number of hydrogen-bond acceptors (Lipinski definition) is 6. The molecule has 1 aliphatic heterocycles. The third kappa shape index (κ3) is 3.35. The Balaban J connectivity index is 1.49. The van der Waals surface area contributed by atoms with Crippen molar-refractivity contribution in [3.8, 4) is 22.8 Å². The van der Waals surface area contributed by atoms with Crippen molar-refractivity contribution < 1.29 is 14.3 Å². The number of carbonyl (C=O) groups excluding carboxylic acids is 1. The third-order valence-corrected chi connectivity index (χ3v) is 4.96. The average molecular weight is 418 g/mol. The van der Waals surface area contributed by atoms with Gasteiger partial charge in [-0.15, -0.1) is 5.10 Å². The fraction of sp³-hybridized carbons (Fsp3) is 0.118. The third-order valence-electron chi connectivity index (χ3n) is 3.70. The van der Waals surface area contributed by atoms with Crippen molar-refractivity contribution in [3.05, 3.63) is 57.4 Å². The van der Waals surface area contributed by atoms with Crippen LogP contribution in [0.3, 0.4) is 0 Å². The molecule has 0 fully saturated rings. The molecule has 8 heteroatoms. The monoisotopic (exact) mass is 417 g/mol. The predicted molar refractivity (Wildman–Crippen MR) is 96.8 cm³/mol. The van der Waals surface area contributed by atoms with Gasteiger partial charge in [0.05, 0.1) is 0 Å². The zero-order valence-electron chi connectivity index (χ0n) is 12.9. The Morgan fingerprint density at radius 1 is 1.16 bits per heavy atom. The number of hydrogen-bond donors (Lipinski definition) is 1. The van der Waals surface area contributed by atoms with Gasteiger partial charge in [0.2, 0.25) is 6.79 Å². The largest absolute Gasteiger partial charge is 0.454 e. The van der Waals surface area contributed by atoms with Crippen LogP contribution in [0.2, 0.25) is 0 Å². The van der Waals surface area contributed by atoms with Gasteiger partial charge in [-0.1, -0.05) is 38.6 Å². The van der Waals surface area contributed by atoms with E-state index in [1.807, 2.05) is 42.5 Å². The number of fused-ring (bicyclic) bond motifs is 1. The Labute approximate surface area is 156 Å².